The Hall–Kier alpha value is -4.39. The number of ketones is 1. The molecule has 7 heteroatoms. The number of aliphatic carboxylic acids is 1. The van der Waals surface area contributed by atoms with Gasteiger partial charge >= 0.3 is 5.97 Å². The average Bonchev–Trinajstić information content (AvgIpc) is 3.21. The van der Waals surface area contributed by atoms with Gasteiger partial charge in [-0.05, 0) is 65.9 Å². The van der Waals surface area contributed by atoms with Crippen LogP contribution in [0.5, 0.6) is 5.75 Å². The maximum atomic E-state index is 13.4. The second kappa shape index (κ2) is 12.4. The number of carbonyl (C=O) groups is 3. The predicted octanol–water partition coefficient (Wildman–Crippen LogP) is 6.07. The van der Waals surface area contributed by atoms with Gasteiger partial charge < -0.3 is 14.9 Å². The van der Waals surface area contributed by atoms with E-state index in [1.807, 2.05) is 31.2 Å². The first-order valence-electron chi connectivity index (χ1n) is 13.3. The number of rotatable bonds is 11. The van der Waals surface area contributed by atoms with E-state index >= 15 is 0 Å². The number of carboxylic acid groups (broad SMARTS) is 1. The molecule has 0 saturated carbocycles. The van der Waals surface area contributed by atoms with Crippen LogP contribution in [-0.2, 0) is 27.2 Å². The number of aliphatic hydroxyl groups excluding tert-OH is 1. The number of benzene rings is 3. The molecular formula is C32H33NO6. The number of anilines is 1. The highest BCUT2D eigenvalue weighted by Gasteiger charge is 2.46. The van der Waals surface area contributed by atoms with E-state index in [0.29, 0.717) is 34.7 Å². The number of carboxylic acids is 1. The minimum Gasteiger partial charge on any atom is -0.507 e. The molecule has 1 amide bonds. The van der Waals surface area contributed by atoms with E-state index in [0.717, 1.165) is 31.2 Å². The molecule has 0 aromatic heterocycles. The molecule has 0 bridgehead atoms. The number of aliphatic hydroxyl groups is 1. The molecule has 1 aliphatic rings. The Morgan fingerprint density at radius 1 is 0.846 bits per heavy atom. The molecule has 2 N–H and O–H groups in total. The summed E-state index contributed by atoms with van der Waals surface area (Å²) in [6.07, 6.45) is 3.82. The third-order valence-electron chi connectivity index (χ3n) is 6.86. The molecule has 0 radical (unpaired) electrons. The van der Waals surface area contributed by atoms with Crippen LogP contribution in [0.1, 0.15) is 61.4 Å². The fraction of sp³-hybridized carbons (Fsp3) is 0.281. The second-order valence-electron chi connectivity index (χ2n) is 9.58. The summed E-state index contributed by atoms with van der Waals surface area (Å²) in [4.78, 5) is 39.2. The van der Waals surface area contributed by atoms with E-state index < -0.39 is 23.7 Å². The van der Waals surface area contributed by atoms with Crippen LogP contribution < -0.4 is 9.64 Å². The van der Waals surface area contributed by atoms with E-state index in [4.69, 9.17) is 9.84 Å². The summed E-state index contributed by atoms with van der Waals surface area (Å²) >= 11 is 0. The number of hydrogen-bond acceptors (Lipinski definition) is 5. The van der Waals surface area contributed by atoms with Crippen molar-refractivity contribution in [3.8, 4) is 5.75 Å². The van der Waals surface area contributed by atoms with Crippen LogP contribution in [0.3, 0.4) is 0 Å². The third-order valence-corrected chi connectivity index (χ3v) is 6.86. The molecular weight excluding hydrogens is 494 g/mol. The van der Waals surface area contributed by atoms with Gasteiger partial charge in [-0.25, -0.2) is 0 Å². The molecule has 0 spiro atoms. The highest BCUT2D eigenvalue weighted by molar-refractivity contribution is 6.51. The Morgan fingerprint density at radius 2 is 1.49 bits per heavy atom. The zero-order chi connectivity index (χ0) is 27.9. The van der Waals surface area contributed by atoms with Gasteiger partial charge in [0.15, 0.2) is 0 Å². The minimum atomic E-state index is -0.961. The molecule has 1 unspecified atom stereocenters. The van der Waals surface area contributed by atoms with Crippen LogP contribution in [0, 0.1) is 0 Å². The zero-order valence-electron chi connectivity index (χ0n) is 22.2. The molecule has 3 aromatic rings. The first kappa shape index (κ1) is 27.6. The molecule has 4 rings (SSSR count). The van der Waals surface area contributed by atoms with Gasteiger partial charge in [0, 0.05) is 11.3 Å². The van der Waals surface area contributed by atoms with Crippen LogP contribution in [-0.4, -0.2) is 34.5 Å². The van der Waals surface area contributed by atoms with E-state index in [2.05, 4.69) is 6.92 Å². The summed E-state index contributed by atoms with van der Waals surface area (Å²) in [6, 6.07) is 20.1. The van der Waals surface area contributed by atoms with Crippen LogP contribution >= 0.6 is 0 Å². The quantitative estimate of drug-likeness (QED) is 0.136. The van der Waals surface area contributed by atoms with Crippen molar-refractivity contribution in [1.29, 1.82) is 0 Å². The smallest absolute Gasteiger partial charge is 0.307 e. The molecule has 1 fully saturated rings. The largest absolute Gasteiger partial charge is 0.507 e. The lowest BCUT2D eigenvalue weighted by molar-refractivity contribution is -0.136. The van der Waals surface area contributed by atoms with Crippen LogP contribution in [0.25, 0.3) is 5.76 Å². The van der Waals surface area contributed by atoms with Crippen molar-refractivity contribution < 1.29 is 29.3 Å². The van der Waals surface area contributed by atoms with Crippen molar-refractivity contribution >= 4 is 29.1 Å². The first-order chi connectivity index (χ1) is 18.8. The molecule has 0 aliphatic carbocycles. The Balaban J connectivity index is 1.74. The van der Waals surface area contributed by atoms with Crippen molar-refractivity contribution in [3.05, 3.63) is 101 Å². The highest BCUT2D eigenvalue weighted by Crippen LogP contribution is 2.42. The highest BCUT2D eigenvalue weighted by atomic mass is 16.5. The van der Waals surface area contributed by atoms with E-state index in [-0.39, 0.29) is 17.8 Å². The summed E-state index contributed by atoms with van der Waals surface area (Å²) in [7, 11) is 0. The summed E-state index contributed by atoms with van der Waals surface area (Å²) in [5.74, 6) is -2.11. The minimum absolute atomic E-state index is 0.00419. The van der Waals surface area contributed by atoms with Crippen molar-refractivity contribution in [2.45, 2.75) is 52.0 Å². The zero-order valence-corrected chi connectivity index (χ0v) is 22.2. The number of hydrogen-bond donors (Lipinski definition) is 2. The Morgan fingerprint density at radius 3 is 2.08 bits per heavy atom. The number of aryl methyl sites for hydroxylation is 1. The van der Waals surface area contributed by atoms with Crippen LogP contribution in [0.15, 0.2) is 78.4 Å². The van der Waals surface area contributed by atoms with Crippen molar-refractivity contribution in [2.75, 3.05) is 11.5 Å². The second-order valence-corrected chi connectivity index (χ2v) is 9.58. The molecule has 1 heterocycles. The molecule has 1 aliphatic heterocycles. The summed E-state index contributed by atoms with van der Waals surface area (Å²) in [5, 5.41) is 20.5. The predicted molar refractivity (Wildman–Crippen MR) is 150 cm³/mol. The molecule has 7 nitrogen and oxygen atoms in total. The van der Waals surface area contributed by atoms with Crippen LogP contribution in [0.2, 0.25) is 0 Å². The first-order valence-corrected chi connectivity index (χ1v) is 13.3. The van der Waals surface area contributed by atoms with Gasteiger partial charge in [-0.1, -0.05) is 63.1 Å². The van der Waals surface area contributed by atoms with Gasteiger partial charge in [-0.15, -0.1) is 0 Å². The number of amides is 1. The van der Waals surface area contributed by atoms with Gasteiger partial charge in [0.05, 0.1) is 24.6 Å². The Kier molecular flexibility index (Phi) is 8.81. The van der Waals surface area contributed by atoms with Gasteiger partial charge in [-0.3, -0.25) is 19.3 Å². The lowest BCUT2D eigenvalue weighted by atomic mass is 9.94. The number of unbranched alkanes of at least 4 members (excludes halogenated alkanes) is 2. The number of nitrogens with zero attached hydrogens (tertiary/aromatic N) is 1. The monoisotopic (exact) mass is 527 g/mol. The fourth-order valence-electron chi connectivity index (χ4n) is 4.71. The van der Waals surface area contributed by atoms with Crippen molar-refractivity contribution in [2.24, 2.45) is 0 Å². The number of ether oxygens (including phenoxy) is 1. The van der Waals surface area contributed by atoms with Gasteiger partial charge in [0.2, 0.25) is 0 Å². The Bertz CT molecular complexity index is 1360. The number of carbonyl (C=O) groups excluding carboxylic acids is 2. The fourth-order valence-corrected chi connectivity index (χ4v) is 4.71. The van der Waals surface area contributed by atoms with Crippen molar-refractivity contribution in [3.63, 3.8) is 0 Å². The molecule has 1 saturated heterocycles. The summed E-state index contributed by atoms with van der Waals surface area (Å²) < 4.78 is 5.76. The van der Waals surface area contributed by atoms with E-state index in [9.17, 15) is 19.5 Å². The van der Waals surface area contributed by atoms with Gasteiger partial charge in [0.1, 0.15) is 11.5 Å². The standard InChI is InChI=1S/C32H33NO6/c1-3-5-6-19-39-26-17-13-24(14-18-26)30(36)28-29(23-11-7-21(4-2)8-12-23)33(32(38)31(28)37)25-15-9-22(10-16-25)20-27(34)35/h7-18,29,36H,3-6,19-20H2,1-2H3,(H,34,35)/b30-28+. The Labute approximate surface area is 228 Å². The molecule has 39 heavy (non-hydrogen) atoms. The van der Waals surface area contributed by atoms with Crippen molar-refractivity contribution in [1.82, 2.24) is 0 Å². The maximum absolute atomic E-state index is 13.4. The van der Waals surface area contributed by atoms with Gasteiger partial charge in [-0.2, -0.15) is 0 Å². The molecule has 1 atom stereocenters. The third kappa shape index (κ3) is 6.20. The van der Waals surface area contributed by atoms with Gasteiger partial charge in [0.25, 0.3) is 11.7 Å². The lowest BCUT2D eigenvalue weighted by Gasteiger charge is -2.26. The summed E-state index contributed by atoms with van der Waals surface area (Å²) in [6.45, 7) is 4.77. The molecule has 202 valence electrons. The van der Waals surface area contributed by atoms with Crippen LogP contribution in [0.4, 0.5) is 5.69 Å². The average molecular weight is 528 g/mol. The topological polar surface area (TPSA) is 104 Å². The van der Waals surface area contributed by atoms with E-state index in [1.165, 1.54) is 4.90 Å². The normalized spacial score (nSPS) is 16.5. The van der Waals surface area contributed by atoms with E-state index in [1.54, 1.807) is 48.5 Å². The number of Topliss-reactive ketones (excluding diaryl/α,β-unsaturated/α-hetero) is 1. The molecule has 3 aromatic carbocycles. The lowest BCUT2D eigenvalue weighted by Crippen LogP contribution is -2.29. The SMILES string of the molecule is CCCCCOc1ccc(/C(O)=C2\C(=O)C(=O)N(c3ccc(CC(=O)O)cc3)C2c2ccc(CC)cc2)cc1. The maximum Gasteiger partial charge on any atom is 0.307 e. The summed E-state index contributed by atoms with van der Waals surface area (Å²) in [5.41, 5.74) is 3.19.